The zero-order valence-electron chi connectivity index (χ0n) is 21.2. The molecule has 2 N–H and O–H groups in total. The molecule has 0 aliphatic carbocycles. The molecule has 0 saturated heterocycles. The number of carbonyl (C=O) groups is 2. The maximum atomic E-state index is 13.2. The predicted octanol–water partition coefficient (Wildman–Crippen LogP) is 2.33. The van der Waals surface area contributed by atoms with Gasteiger partial charge in [0.1, 0.15) is 11.8 Å². The fourth-order valence-electron chi connectivity index (χ4n) is 3.71. The van der Waals surface area contributed by atoms with Crippen molar-refractivity contribution in [1.29, 1.82) is 0 Å². The summed E-state index contributed by atoms with van der Waals surface area (Å²) in [6.45, 7) is 2.81. The number of thioether (sulfide) groups is 1. The van der Waals surface area contributed by atoms with Gasteiger partial charge in [-0.1, -0.05) is 42.5 Å². The van der Waals surface area contributed by atoms with E-state index in [1.165, 1.54) is 0 Å². The molecule has 184 valence electrons. The van der Waals surface area contributed by atoms with Crippen LogP contribution in [0.4, 0.5) is 0 Å². The average molecular weight is 501 g/mol. The molecule has 3 rings (SSSR count). The Balaban J connectivity index is 0.00000456. The summed E-state index contributed by atoms with van der Waals surface area (Å²) < 4.78 is 11.1. The second-order valence-electron chi connectivity index (χ2n) is 8.18. The summed E-state index contributed by atoms with van der Waals surface area (Å²) >= 11 is 1.55. The van der Waals surface area contributed by atoms with Crippen molar-refractivity contribution in [1.82, 2.24) is 5.32 Å². The summed E-state index contributed by atoms with van der Waals surface area (Å²) in [5.41, 5.74) is 5.09. The van der Waals surface area contributed by atoms with Gasteiger partial charge in [-0.15, -0.1) is 0 Å². The number of hydrogen-bond acceptors (Lipinski definition) is 5. The van der Waals surface area contributed by atoms with Gasteiger partial charge in [0.25, 0.3) is 5.91 Å². The molecule has 0 aliphatic rings. The Bertz CT molecular complexity index is 1150. The monoisotopic (exact) mass is 500 g/mol. The number of aliphatic carboxylic acids is 1. The number of aryl methyl sites for hydroxylation is 1. The van der Waals surface area contributed by atoms with E-state index in [0.717, 1.165) is 33.6 Å². The third kappa shape index (κ3) is 8.18. The van der Waals surface area contributed by atoms with E-state index in [1.54, 1.807) is 24.9 Å². The minimum atomic E-state index is -1.03. The number of hydrogen-bond donors (Lipinski definition) is 2. The van der Waals surface area contributed by atoms with Crippen LogP contribution >= 0.6 is 11.8 Å². The van der Waals surface area contributed by atoms with E-state index in [1.807, 2.05) is 73.8 Å². The SMILES string of the molecule is COc1ccc(COCc2ccc(C(=O)NC(CCSC)C(=O)O)c(-c3ccccc3C)c2)cc1.[Li+]. The molecule has 0 fully saturated rings. The van der Waals surface area contributed by atoms with Crippen LogP contribution < -0.4 is 28.9 Å². The van der Waals surface area contributed by atoms with Crippen LogP contribution in [0.25, 0.3) is 11.1 Å². The number of nitrogens with one attached hydrogen (secondary N) is 1. The summed E-state index contributed by atoms with van der Waals surface area (Å²) in [5, 5.41) is 12.2. The molecule has 3 aromatic carbocycles. The fourth-order valence-corrected chi connectivity index (χ4v) is 4.19. The predicted molar refractivity (Wildman–Crippen MR) is 140 cm³/mol. The molecule has 0 radical (unpaired) electrons. The molecule has 1 atom stereocenters. The number of methoxy groups -OCH3 is 1. The van der Waals surface area contributed by atoms with E-state index in [0.29, 0.717) is 31.0 Å². The quantitative estimate of drug-likeness (QED) is 0.372. The third-order valence-electron chi connectivity index (χ3n) is 5.67. The van der Waals surface area contributed by atoms with E-state index >= 15 is 0 Å². The van der Waals surface area contributed by atoms with Gasteiger partial charge in [-0.05, 0) is 77.4 Å². The Morgan fingerprint density at radius 3 is 2.28 bits per heavy atom. The van der Waals surface area contributed by atoms with Crippen molar-refractivity contribution < 1.29 is 43.0 Å². The minimum Gasteiger partial charge on any atom is -0.497 e. The molecule has 8 heteroatoms. The Labute approximate surface area is 229 Å². The van der Waals surface area contributed by atoms with Crippen molar-refractivity contribution in [3.63, 3.8) is 0 Å². The van der Waals surface area contributed by atoms with E-state index in [9.17, 15) is 14.7 Å². The van der Waals surface area contributed by atoms with Crippen LogP contribution in [0.2, 0.25) is 0 Å². The van der Waals surface area contributed by atoms with Crippen LogP contribution in [0.15, 0.2) is 66.7 Å². The van der Waals surface area contributed by atoms with Crippen molar-refractivity contribution in [2.45, 2.75) is 32.6 Å². The van der Waals surface area contributed by atoms with Crippen LogP contribution in [0.1, 0.15) is 33.5 Å². The molecule has 0 bridgehead atoms. The zero-order valence-corrected chi connectivity index (χ0v) is 22.1. The van der Waals surface area contributed by atoms with E-state index in [2.05, 4.69) is 5.32 Å². The molecule has 1 amide bonds. The zero-order chi connectivity index (χ0) is 25.2. The largest absolute Gasteiger partial charge is 1.00 e. The Hall–Kier alpha value is -2.69. The topological polar surface area (TPSA) is 84.9 Å². The van der Waals surface area contributed by atoms with Crippen molar-refractivity contribution in [2.24, 2.45) is 0 Å². The van der Waals surface area contributed by atoms with Gasteiger partial charge in [0, 0.05) is 5.56 Å². The van der Waals surface area contributed by atoms with Crippen LogP contribution in [0.3, 0.4) is 0 Å². The number of ether oxygens (including phenoxy) is 2. The molecule has 0 aliphatic heterocycles. The standard InChI is InChI=1S/C28H31NO5S.Li/c1-19-6-4-5-7-23(19)25-16-21(18-34-17-20-8-11-22(33-2)12-9-20)10-13-24(25)27(30)29-26(28(31)32)14-15-35-3;/h4-13,16,26H,14-15,17-18H2,1-3H3,(H,29,30)(H,31,32);/q;+1. The number of carbonyl (C=O) groups excluding carboxylic acids is 1. The Morgan fingerprint density at radius 1 is 0.972 bits per heavy atom. The van der Waals surface area contributed by atoms with E-state index in [4.69, 9.17) is 9.47 Å². The van der Waals surface area contributed by atoms with E-state index < -0.39 is 17.9 Å². The summed E-state index contributed by atoms with van der Waals surface area (Å²) in [7, 11) is 1.63. The molecule has 0 saturated carbocycles. The number of carboxylic acids is 1. The summed E-state index contributed by atoms with van der Waals surface area (Å²) in [6.07, 6.45) is 2.27. The van der Waals surface area contributed by atoms with Crippen molar-refractivity contribution in [2.75, 3.05) is 19.1 Å². The van der Waals surface area contributed by atoms with Gasteiger partial charge in [0.05, 0.1) is 20.3 Å². The Kier molecular flexibility index (Phi) is 12.1. The fraction of sp³-hybridized carbons (Fsp3) is 0.286. The van der Waals surface area contributed by atoms with Gasteiger partial charge in [-0.2, -0.15) is 11.8 Å². The molecule has 0 spiro atoms. The van der Waals surface area contributed by atoms with Gasteiger partial charge < -0.3 is 19.9 Å². The molecular formula is C28H31LiNO5S+. The van der Waals surface area contributed by atoms with Gasteiger partial charge in [0.15, 0.2) is 0 Å². The first kappa shape index (κ1) is 29.5. The number of benzene rings is 3. The van der Waals surface area contributed by atoms with Gasteiger partial charge in [-0.3, -0.25) is 4.79 Å². The third-order valence-corrected chi connectivity index (χ3v) is 6.32. The van der Waals surface area contributed by atoms with E-state index in [-0.39, 0.29) is 18.9 Å². The first-order valence-electron chi connectivity index (χ1n) is 11.3. The molecule has 1 unspecified atom stereocenters. The molecule has 36 heavy (non-hydrogen) atoms. The summed E-state index contributed by atoms with van der Waals surface area (Å²) in [4.78, 5) is 24.8. The normalized spacial score (nSPS) is 11.3. The van der Waals surface area contributed by atoms with Crippen LogP contribution in [0, 0.1) is 6.92 Å². The summed E-state index contributed by atoms with van der Waals surface area (Å²) in [5.74, 6) is 0.00625. The number of rotatable bonds is 12. The first-order valence-corrected chi connectivity index (χ1v) is 12.7. The van der Waals surface area contributed by atoms with Crippen LogP contribution in [-0.4, -0.2) is 42.1 Å². The Morgan fingerprint density at radius 2 is 1.64 bits per heavy atom. The smallest absolute Gasteiger partial charge is 0.497 e. The van der Waals surface area contributed by atoms with Crippen molar-refractivity contribution >= 4 is 23.6 Å². The maximum absolute atomic E-state index is 13.2. The van der Waals surface area contributed by atoms with Gasteiger partial charge >= 0.3 is 24.8 Å². The second-order valence-corrected chi connectivity index (χ2v) is 9.17. The molecule has 6 nitrogen and oxygen atoms in total. The van der Waals surface area contributed by atoms with Crippen LogP contribution in [-0.2, 0) is 22.7 Å². The van der Waals surface area contributed by atoms with Crippen molar-refractivity contribution in [3.8, 4) is 16.9 Å². The average Bonchev–Trinajstić information content (AvgIpc) is 2.87. The van der Waals surface area contributed by atoms with Crippen molar-refractivity contribution in [3.05, 3.63) is 89.0 Å². The second kappa shape index (κ2) is 14.8. The summed E-state index contributed by atoms with van der Waals surface area (Å²) in [6, 6.07) is 20.1. The van der Waals surface area contributed by atoms with Crippen LogP contribution in [0.5, 0.6) is 5.75 Å². The number of amides is 1. The molecule has 0 aromatic heterocycles. The molecule has 0 heterocycles. The molecular weight excluding hydrogens is 469 g/mol. The number of carboxylic acid groups (broad SMARTS) is 1. The molecule has 3 aromatic rings. The van der Waals surface area contributed by atoms with Gasteiger partial charge in [-0.25, -0.2) is 4.79 Å². The maximum Gasteiger partial charge on any atom is 1.00 e. The van der Waals surface area contributed by atoms with Gasteiger partial charge in [0.2, 0.25) is 0 Å². The minimum absolute atomic E-state index is 0. The first-order chi connectivity index (χ1) is 16.9.